The van der Waals surface area contributed by atoms with E-state index in [1.807, 2.05) is 122 Å². The Morgan fingerprint density at radius 3 is 2.47 bits per heavy atom. The number of aliphatic hydroxyl groups is 1. The van der Waals surface area contributed by atoms with Crippen LogP contribution in [0.15, 0.2) is 115 Å². The Kier molecular flexibility index (Phi) is 9.10. The molecule has 1 spiro atoms. The van der Waals surface area contributed by atoms with Crippen molar-refractivity contribution in [1.29, 1.82) is 0 Å². The molecule has 0 radical (unpaired) electrons. The quantitative estimate of drug-likeness (QED) is 0.104. The van der Waals surface area contributed by atoms with Crippen molar-refractivity contribution < 1.29 is 28.3 Å². The third-order valence-corrected chi connectivity index (χ3v) is 14.6. The van der Waals surface area contributed by atoms with Gasteiger partial charge in [-0.2, -0.15) is 0 Å². The number of methoxy groups -OCH3 is 1. The molecule has 290 valence electrons. The highest BCUT2D eigenvalue weighted by molar-refractivity contribution is 6.72. The van der Waals surface area contributed by atoms with Crippen LogP contribution in [0, 0.1) is 5.92 Å². The molecule has 3 aliphatic rings. The summed E-state index contributed by atoms with van der Waals surface area (Å²) in [5.74, 6) is -0.589. The first-order valence-corrected chi connectivity index (χ1v) is 22.4. The zero-order valence-corrected chi connectivity index (χ0v) is 33.3. The van der Waals surface area contributed by atoms with E-state index in [0.717, 1.165) is 27.6 Å². The Bertz CT molecular complexity index is 2520. The molecule has 2 amide bonds. The highest BCUT2D eigenvalue weighted by Crippen LogP contribution is 2.61. The predicted molar refractivity (Wildman–Crippen MR) is 219 cm³/mol. The van der Waals surface area contributed by atoms with E-state index >= 15 is 8.90 Å². The standard InChI is InChI=1S/C45H44FN5O5Si/c1-28-42(57(3,4)46)40(21-22-49-26-37(47-48-49)35(27-52)30-12-6-5-7-13-30)56-45(28)36-24-33(55-2)19-20-38(36)50(44(45)54)25-29-11-8-16-32(23-29)51-39-18-10-15-31-14-9-17-34(41(31)39)43(51)53/h5-20,23-24,26,28,35,40,42,52H,21-22,25,27H2,1-4H3/t28-,35?,40+,42-,45+/m1/s1. The van der Waals surface area contributed by atoms with E-state index in [9.17, 15) is 9.90 Å². The van der Waals surface area contributed by atoms with Gasteiger partial charge in [-0.15, -0.1) is 5.10 Å². The van der Waals surface area contributed by atoms with Crippen LogP contribution in [0.1, 0.15) is 52.0 Å². The molecular weight excluding hydrogens is 738 g/mol. The van der Waals surface area contributed by atoms with Gasteiger partial charge in [-0.25, -0.2) is 0 Å². The number of fused-ring (bicyclic) bond motifs is 2. The number of anilines is 3. The number of aromatic nitrogens is 3. The molecule has 1 unspecified atom stereocenters. The Hall–Kier alpha value is -5.69. The van der Waals surface area contributed by atoms with Gasteiger partial charge in [0.05, 0.1) is 54.9 Å². The number of rotatable bonds is 11. The van der Waals surface area contributed by atoms with Gasteiger partial charge in [0.2, 0.25) is 8.41 Å². The van der Waals surface area contributed by atoms with Crippen LogP contribution >= 0.6 is 0 Å². The van der Waals surface area contributed by atoms with E-state index in [-0.39, 0.29) is 30.9 Å². The van der Waals surface area contributed by atoms with Crippen molar-refractivity contribution in [2.75, 3.05) is 23.5 Å². The van der Waals surface area contributed by atoms with Gasteiger partial charge in [0.15, 0.2) is 5.60 Å². The number of benzene rings is 5. The fourth-order valence-electron chi connectivity index (χ4n) is 9.63. The summed E-state index contributed by atoms with van der Waals surface area (Å²) in [6, 6.07) is 34.7. The molecule has 0 saturated carbocycles. The van der Waals surface area contributed by atoms with Gasteiger partial charge in [0.1, 0.15) is 5.75 Å². The van der Waals surface area contributed by atoms with Crippen molar-refractivity contribution in [2.24, 2.45) is 5.92 Å². The van der Waals surface area contributed by atoms with Gasteiger partial charge in [-0.1, -0.05) is 78.9 Å². The first-order chi connectivity index (χ1) is 27.5. The lowest BCUT2D eigenvalue weighted by atomic mass is 9.82. The maximum absolute atomic E-state index is 16.6. The van der Waals surface area contributed by atoms with Crippen LogP contribution in [0.4, 0.5) is 21.2 Å². The van der Waals surface area contributed by atoms with E-state index < -0.39 is 31.6 Å². The lowest BCUT2D eigenvalue weighted by Crippen LogP contribution is -2.45. The lowest BCUT2D eigenvalue weighted by Gasteiger charge is -2.31. The highest BCUT2D eigenvalue weighted by atomic mass is 28.4. The fourth-order valence-corrected chi connectivity index (χ4v) is 12.2. The van der Waals surface area contributed by atoms with Crippen LogP contribution in [-0.2, 0) is 28.2 Å². The van der Waals surface area contributed by atoms with Crippen LogP contribution in [-0.4, -0.2) is 60.1 Å². The van der Waals surface area contributed by atoms with Gasteiger partial charge in [0.25, 0.3) is 11.8 Å². The smallest absolute Gasteiger partial charge is 0.264 e. The average molecular weight is 782 g/mol. The number of carbonyl (C=O) groups is 2. The Morgan fingerprint density at radius 2 is 1.72 bits per heavy atom. The van der Waals surface area contributed by atoms with Crippen LogP contribution < -0.4 is 14.5 Å². The molecule has 9 rings (SSSR count). The number of aryl methyl sites for hydroxylation is 1. The second kappa shape index (κ2) is 14.0. The third kappa shape index (κ3) is 5.96. The molecular formula is C45H44FN5O5Si. The van der Waals surface area contributed by atoms with Gasteiger partial charge < -0.3 is 23.6 Å². The molecule has 1 saturated heterocycles. The Labute approximate surface area is 331 Å². The molecule has 3 aliphatic heterocycles. The second-order valence-electron chi connectivity index (χ2n) is 15.9. The predicted octanol–water partition coefficient (Wildman–Crippen LogP) is 8.27. The maximum Gasteiger partial charge on any atom is 0.264 e. The number of hydrogen-bond donors (Lipinski definition) is 1. The van der Waals surface area contributed by atoms with E-state index in [4.69, 9.17) is 9.47 Å². The highest BCUT2D eigenvalue weighted by Gasteiger charge is 2.66. The summed E-state index contributed by atoms with van der Waals surface area (Å²) in [7, 11) is -1.85. The number of ether oxygens (including phenoxy) is 2. The summed E-state index contributed by atoms with van der Waals surface area (Å²) >= 11 is 0. The molecule has 0 bridgehead atoms. The Balaban J connectivity index is 1.02. The number of hydrogen-bond acceptors (Lipinski definition) is 7. The fraction of sp³-hybridized carbons (Fsp3) is 0.289. The van der Waals surface area contributed by atoms with E-state index in [1.54, 1.807) is 34.7 Å². The molecule has 57 heavy (non-hydrogen) atoms. The van der Waals surface area contributed by atoms with Crippen LogP contribution in [0.3, 0.4) is 0 Å². The van der Waals surface area contributed by atoms with Gasteiger partial charge >= 0.3 is 0 Å². The molecule has 6 aromatic rings. The summed E-state index contributed by atoms with van der Waals surface area (Å²) in [6.07, 6.45) is 1.64. The number of amides is 2. The lowest BCUT2D eigenvalue weighted by molar-refractivity contribution is -0.146. The van der Waals surface area contributed by atoms with Crippen molar-refractivity contribution in [3.05, 3.63) is 143 Å². The van der Waals surface area contributed by atoms with Gasteiger partial charge in [-0.05, 0) is 78.5 Å². The summed E-state index contributed by atoms with van der Waals surface area (Å²) in [5, 5.41) is 20.9. The zero-order valence-electron chi connectivity index (χ0n) is 32.3. The maximum atomic E-state index is 16.6. The molecule has 0 aliphatic carbocycles. The molecule has 5 atom stereocenters. The van der Waals surface area contributed by atoms with Gasteiger partial charge in [0, 0.05) is 40.8 Å². The number of aliphatic hydroxyl groups excluding tert-OH is 1. The summed E-state index contributed by atoms with van der Waals surface area (Å²) in [4.78, 5) is 32.4. The molecule has 4 heterocycles. The van der Waals surface area contributed by atoms with Crippen molar-refractivity contribution >= 4 is 48.1 Å². The number of halogens is 1. The summed E-state index contributed by atoms with van der Waals surface area (Å²) < 4.78 is 31.0. The van der Waals surface area contributed by atoms with E-state index in [0.29, 0.717) is 46.9 Å². The van der Waals surface area contributed by atoms with Crippen molar-refractivity contribution in [2.45, 2.75) is 62.7 Å². The SMILES string of the molecule is COc1ccc2c(c1)[C@]1(O[C@@H](CCn3cc(C(CO)c4ccccc4)nn3)[C@H]([Si](C)(C)F)[C@H]1C)C(=O)N2Cc1cccc(N2C(=O)c3cccc4cccc2c34)c1. The minimum absolute atomic E-state index is 0.0950. The minimum Gasteiger partial charge on any atom is -0.497 e. The van der Waals surface area contributed by atoms with E-state index in [1.165, 1.54) is 0 Å². The topological polar surface area (TPSA) is 110 Å². The molecule has 5 aromatic carbocycles. The normalized spacial score (nSPS) is 21.9. The number of carbonyl (C=O) groups excluding carboxylic acids is 2. The molecule has 1 aromatic heterocycles. The summed E-state index contributed by atoms with van der Waals surface area (Å²) in [5.41, 5.74) is 3.99. The minimum atomic E-state index is -3.43. The number of nitrogens with zero attached hydrogens (tertiary/aromatic N) is 5. The molecule has 1 N–H and O–H groups in total. The van der Waals surface area contributed by atoms with Crippen molar-refractivity contribution in [1.82, 2.24) is 15.0 Å². The van der Waals surface area contributed by atoms with Crippen molar-refractivity contribution in [3.8, 4) is 5.75 Å². The van der Waals surface area contributed by atoms with Crippen molar-refractivity contribution in [3.63, 3.8) is 0 Å². The van der Waals surface area contributed by atoms with Crippen LogP contribution in [0.5, 0.6) is 5.75 Å². The second-order valence-corrected chi connectivity index (χ2v) is 19.7. The average Bonchev–Trinajstić information content (AvgIpc) is 3.94. The Morgan fingerprint density at radius 1 is 0.947 bits per heavy atom. The first-order valence-electron chi connectivity index (χ1n) is 19.4. The van der Waals surface area contributed by atoms with Gasteiger partial charge in [-0.3, -0.25) is 19.2 Å². The third-order valence-electron chi connectivity index (χ3n) is 12.2. The van der Waals surface area contributed by atoms with Crippen LogP contribution in [0.2, 0.25) is 18.6 Å². The largest absolute Gasteiger partial charge is 0.497 e. The summed E-state index contributed by atoms with van der Waals surface area (Å²) in [6.45, 7) is 5.81. The van der Waals surface area contributed by atoms with E-state index in [2.05, 4.69) is 10.3 Å². The zero-order chi connectivity index (χ0) is 39.6. The molecule has 10 nitrogen and oxygen atoms in total. The first kappa shape index (κ1) is 36.9. The monoisotopic (exact) mass is 781 g/mol. The molecule has 12 heteroatoms. The van der Waals surface area contributed by atoms with Crippen LogP contribution in [0.25, 0.3) is 10.8 Å². The molecule has 1 fully saturated rings.